The van der Waals surface area contributed by atoms with Crippen molar-refractivity contribution in [2.75, 3.05) is 6.54 Å². The van der Waals surface area contributed by atoms with Crippen molar-refractivity contribution >= 4 is 12.0 Å². The Balaban J connectivity index is 3.69. The van der Waals surface area contributed by atoms with Crippen LogP contribution in [0.4, 0.5) is 4.79 Å². The van der Waals surface area contributed by atoms with Crippen LogP contribution in [0.15, 0.2) is 0 Å². The number of carbonyl (C=O) groups excluding carboxylic acids is 1. The summed E-state index contributed by atoms with van der Waals surface area (Å²) in [5, 5.41) is 14.2. The summed E-state index contributed by atoms with van der Waals surface area (Å²) in [5.74, 6) is -0.265. The Morgan fingerprint density at radius 2 is 1.83 bits per heavy atom. The number of amides is 2. The summed E-state index contributed by atoms with van der Waals surface area (Å²) < 4.78 is 0. The van der Waals surface area contributed by atoms with E-state index in [0.717, 1.165) is 12.8 Å². The quantitative estimate of drug-likeness (QED) is 0.594. The van der Waals surface area contributed by atoms with E-state index in [1.165, 1.54) is 0 Å². The lowest BCUT2D eigenvalue weighted by Crippen LogP contribution is -2.42. The van der Waals surface area contributed by atoms with Gasteiger partial charge in [0.25, 0.3) is 0 Å². The van der Waals surface area contributed by atoms with Crippen LogP contribution in [0.25, 0.3) is 0 Å². The van der Waals surface area contributed by atoms with E-state index >= 15 is 0 Å². The Bertz CT molecular complexity index is 253. The predicted octanol–water partition coefficient (Wildman–Crippen LogP) is 2.37. The van der Waals surface area contributed by atoms with E-state index in [1.54, 1.807) is 0 Å². The number of carbonyl (C=O) groups is 2. The molecule has 5 heteroatoms. The summed E-state index contributed by atoms with van der Waals surface area (Å²) in [6.07, 6.45) is 3.55. The van der Waals surface area contributed by atoms with Gasteiger partial charge in [-0.3, -0.25) is 4.79 Å². The molecule has 0 aromatic carbocycles. The minimum atomic E-state index is -0.791. The van der Waals surface area contributed by atoms with Crippen LogP contribution in [0.5, 0.6) is 0 Å². The van der Waals surface area contributed by atoms with Gasteiger partial charge in [-0.25, -0.2) is 4.79 Å². The van der Waals surface area contributed by atoms with Crippen molar-refractivity contribution in [2.24, 2.45) is 5.92 Å². The van der Waals surface area contributed by atoms with Gasteiger partial charge >= 0.3 is 12.0 Å². The first-order valence-electron chi connectivity index (χ1n) is 6.75. The molecule has 0 aliphatic heterocycles. The monoisotopic (exact) mass is 258 g/mol. The van der Waals surface area contributed by atoms with Crippen molar-refractivity contribution in [3.8, 4) is 0 Å². The fourth-order valence-corrected chi connectivity index (χ4v) is 1.72. The van der Waals surface area contributed by atoms with Gasteiger partial charge in [-0.05, 0) is 25.7 Å². The highest BCUT2D eigenvalue weighted by Crippen LogP contribution is 2.05. The standard InChI is InChI=1S/C13H26N2O3/c1-4-11(5-2)9-14-13(18)15-10(3)7-6-8-12(16)17/h10-11H,4-9H2,1-3H3,(H,16,17)(H2,14,15,18). The number of carboxylic acid groups (broad SMARTS) is 1. The van der Waals surface area contributed by atoms with Gasteiger partial charge in [-0.1, -0.05) is 26.7 Å². The predicted molar refractivity (Wildman–Crippen MR) is 71.6 cm³/mol. The van der Waals surface area contributed by atoms with Crippen LogP contribution in [-0.4, -0.2) is 29.7 Å². The van der Waals surface area contributed by atoms with E-state index in [4.69, 9.17) is 5.11 Å². The molecule has 106 valence electrons. The molecule has 1 atom stereocenters. The van der Waals surface area contributed by atoms with E-state index < -0.39 is 5.97 Å². The number of hydrogen-bond donors (Lipinski definition) is 3. The lowest BCUT2D eigenvalue weighted by atomic mass is 10.0. The third-order valence-electron chi connectivity index (χ3n) is 3.11. The SMILES string of the molecule is CCC(CC)CNC(=O)NC(C)CCCC(=O)O. The zero-order valence-corrected chi connectivity index (χ0v) is 11.7. The number of aliphatic carboxylic acids is 1. The van der Waals surface area contributed by atoms with Crippen molar-refractivity contribution in [2.45, 2.75) is 58.9 Å². The van der Waals surface area contributed by atoms with Gasteiger partial charge in [0, 0.05) is 19.0 Å². The first-order chi connectivity index (χ1) is 8.49. The highest BCUT2D eigenvalue weighted by Gasteiger charge is 2.09. The number of urea groups is 1. The lowest BCUT2D eigenvalue weighted by Gasteiger charge is -2.17. The largest absolute Gasteiger partial charge is 0.481 e. The van der Waals surface area contributed by atoms with Crippen molar-refractivity contribution in [3.63, 3.8) is 0 Å². The number of carboxylic acids is 1. The molecule has 0 aromatic rings. The molecule has 5 nitrogen and oxygen atoms in total. The highest BCUT2D eigenvalue weighted by molar-refractivity contribution is 5.74. The Morgan fingerprint density at radius 3 is 2.33 bits per heavy atom. The Morgan fingerprint density at radius 1 is 1.22 bits per heavy atom. The molecule has 0 aliphatic carbocycles. The molecule has 0 aromatic heterocycles. The summed E-state index contributed by atoms with van der Waals surface area (Å²) in [6, 6.07) is -0.157. The zero-order valence-electron chi connectivity index (χ0n) is 11.7. The van der Waals surface area contributed by atoms with Crippen LogP contribution in [-0.2, 0) is 4.79 Å². The smallest absolute Gasteiger partial charge is 0.315 e. The maximum Gasteiger partial charge on any atom is 0.315 e. The average molecular weight is 258 g/mol. The molecule has 0 radical (unpaired) electrons. The lowest BCUT2D eigenvalue weighted by molar-refractivity contribution is -0.137. The maximum absolute atomic E-state index is 11.5. The molecule has 0 bridgehead atoms. The van der Waals surface area contributed by atoms with Crippen LogP contribution < -0.4 is 10.6 Å². The summed E-state index contributed by atoms with van der Waals surface area (Å²) in [5.41, 5.74) is 0. The third-order valence-corrected chi connectivity index (χ3v) is 3.11. The summed E-state index contributed by atoms with van der Waals surface area (Å²) >= 11 is 0. The second kappa shape index (κ2) is 9.74. The molecule has 18 heavy (non-hydrogen) atoms. The van der Waals surface area contributed by atoms with Gasteiger partial charge in [0.2, 0.25) is 0 Å². The fourth-order valence-electron chi connectivity index (χ4n) is 1.72. The molecule has 0 heterocycles. The van der Waals surface area contributed by atoms with Gasteiger partial charge in [0.05, 0.1) is 0 Å². The molecule has 3 N–H and O–H groups in total. The van der Waals surface area contributed by atoms with Gasteiger partial charge in [-0.2, -0.15) is 0 Å². The van der Waals surface area contributed by atoms with Crippen LogP contribution >= 0.6 is 0 Å². The van der Waals surface area contributed by atoms with Crippen molar-refractivity contribution in [1.29, 1.82) is 0 Å². The van der Waals surface area contributed by atoms with E-state index in [2.05, 4.69) is 24.5 Å². The minimum Gasteiger partial charge on any atom is -0.481 e. The molecule has 0 spiro atoms. The number of rotatable bonds is 9. The fraction of sp³-hybridized carbons (Fsp3) is 0.846. The van der Waals surface area contributed by atoms with E-state index in [9.17, 15) is 9.59 Å². The zero-order chi connectivity index (χ0) is 14.0. The van der Waals surface area contributed by atoms with Crippen molar-refractivity contribution in [1.82, 2.24) is 10.6 Å². The minimum absolute atomic E-state index is 0.00560. The second-order valence-corrected chi connectivity index (χ2v) is 4.72. The molecule has 0 fully saturated rings. The van der Waals surface area contributed by atoms with Crippen molar-refractivity contribution in [3.05, 3.63) is 0 Å². The molecule has 0 rings (SSSR count). The molecule has 0 saturated heterocycles. The van der Waals surface area contributed by atoms with Crippen LogP contribution in [0.1, 0.15) is 52.9 Å². The Labute approximate surface area is 109 Å². The van der Waals surface area contributed by atoms with Gasteiger partial charge in [-0.15, -0.1) is 0 Å². The van der Waals surface area contributed by atoms with Crippen LogP contribution in [0.3, 0.4) is 0 Å². The molecule has 0 aliphatic rings. The maximum atomic E-state index is 11.5. The van der Waals surface area contributed by atoms with Gasteiger partial charge in [0.1, 0.15) is 0 Å². The summed E-state index contributed by atoms with van der Waals surface area (Å²) in [4.78, 5) is 21.9. The topological polar surface area (TPSA) is 78.4 Å². The molecular weight excluding hydrogens is 232 g/mol. The average Bonchev–Trinajstić information content (AvgIpc) is 2.29. The second-order valence-electron chi connectivity index (χ2n) is 4.72. The molecular formula is C13H26N2O3. The van der Waals surface area contributed by atoms with Gasteiger partial charge in [0.15, 0.2) is 0 Å². The molecule has 0 saturated carbocycles. The van der Waals surface area contributed by atoms with E-state index in [1.807, 2.05) is 6.92 Å². The first kappa shape index (κ1) is 16.7. The van der Waals surface area contributed by atoms with E-state index in [0.29, 0.717) is 25.3 Å². The summed E-state index contributed by atoms with van der Waals surface area (Å²) in [7, 11) is 0. The molecule has 2 amide bonds. The van der Waals surface area contributed by atoms with Gasteiger partial charge < -0.3 is 15.7 Å². The normalized spacial score (nSPS) is 12.2. The van der Waals surface area contributed by atoms with E-state index in [-0.39, 0.29) is 18.5 Å². The Kier molecular flexibility index (Phi) is 9.06. The van der Waals surface area contributed by atoms with Crippen molar-refractivity contribution < 1.29 is 14.7 Å². The first-order valence-corrected chi connectivity index (χ1v) is 6.75. The summed E-state index contributed by atoms with van der Waals surface area (Å²) in [6.45, 7) is 6.81. The third kappa shape index (κ3) is 8.84. The van der Waals surface area contributed by atoms with Crippen LogP contribution in [0, 0.1) is 5.92 Å². The Hall–Kier alpha value is -1.26. The number of hydrogen-bond acceptors (Lipinski definition) is 2. The molecule has 1 unspecified atom stereocenters. The number of nitrogens with one attached hydrogen (secondary N) is 2. The highest BCUT2D eigenvalue weighted by atomic mass is 16.4. The van der Waals surface area contributed by atoms with Crippen LogP contribution in [0.2, 0.25) is 0 Å².